The van der Waals surface area contributed by atoms with Gasteiger partial charge in [-0.3, -0.25) is 14.6 Å². The summed E-state index contributed by atoms with van der Waals surface area (Å²) in [6.45, 7) is 4.10. The maximum absolute atomic E-state index is 14.5. The quantitative estimate of drug-likeness (QED) is 0.880. The van der Waals surface area contributed by atoms with Crippen molar-refractivity contribution in [2.24, 2.45) is 0 Å². The van der Waals surface area contributed by atoms with Gasteiger partial charge in [-0.15, -0.1) is 0 Å². The van der Waals surface area contributed by atoms with E-state index in [9.17, 15) is 9.18 Å². The lowest BCUT2D eigenvalue weighted by atomic mass is 9.93. The van der Waals surface area contributed by atoms with Crippen molar-refractivity contribution in [2.45, 2.75) is 45.3 Å². The summed E-state index contributed by atoms with van der Waals surface area (Å²) in [4.78, 5) is 12.5. The van der Waals surface area contributed by atoms with Crippen LogP contribution in [0.3, 0.4) is 0 Å². The third-order valence-corrected chi connectivity index (χ3v) is 4.74. The van der Waals surface area contributed by atoms with E-state index < -0.39 is 11.9 Å². The lowest BCUT2D eigenvalue weighted by Gasteiger charge is -2.28. The van der Waals surface area contributed by atoms with Crippen LogP contribution in [-0.4, -0.2) is 23.5 Å². The summed E-state index contributed by atoms with van der Waals surface area (Å²) in [7, 11) is 1.49. The third kappa shape index (κ3) is 2.86. The number of hydrogen-bond acceptors (Lipinski definition) is 3. The average molecular weight is 334 g/mol. The molecule has 1 aliphatic rings. The van der Waals surface area contributed by atoms with Crippen LogP contribution < -0.4 is 10.3 Å². The maximum atomic E-state index is 14.5. The predicted octanol–water partition coefficient (Wildman–Crippen LogP) is 3.48. The van der Waals surface area contributed by atoms with Gasteiger partial charge in [-0.25, -0.2) is 4.39 Å². The second kappa shape index (κ2) is 6.81. The van der Waals surface area contributed by atoms with E-state index in [0.29, 0.717) is 29.5 Å². The van der Waals surface area contributed by atoms with Gasteiger partial charge < -0.3 is 9.47 Å². The van der Waals surface area contributed by atoms with Gasteiger partial charge in [-0.05, 0) is 45.2 Å². The number of nitrogens with one attached hydrogen (secondary N) is 1. The van der Waals surface area contributed by atoms with Crippen molar-refractivity contribution in [1.82, 2.24) is 9.78 Å². The van der Waals surface area contributed by atoms with Gasteiger partial charge in [0, 0.05) is 23.9 Å². The zero-order chi connectivity index (χ0) is 17.3. The standard InChI is InChI=1S/C18H23FN2O3/c1-4-24-17(14-9-8-13(23-3)10-15(14)19)16-11(2)21(20-18(16)22)12-6-5-7-12/h8-10,12,17H,4-7H2,1-3H3,(H,20,22). The van der Waals surface area contributed by atoms with E-state index in [1.54, 1.807) is 12.1 Å². The highest BCUT2D eigenvalue weighted by molar-refractivity contribution is 5.36. The monoisotopic (exact) mass is 334 g/mol. The molecule has 0 radical (unpaired) electrons. The molecule has 2 aromatic rings. The number of aromatic amines is 1. The topological polar surface area (TPSA) is 56.2 Å². The second-order valence-corrected chi connectivity index (χ2v) is 6.12. The number of nitrogens with zero attached hydrogens (tertiary/aromatic N) is 1. The number of hydrogen-bond donors (Lipinski definition) is 1. The molecule has 6 heteroatoms. The molecule has 1 atom stereocenters. The highest BCUT2D eigenvalue weighted by Gasteiger charge is 2.29. The molecule has 5 nitrogen and oxygen atoms in total. The molecular weight excluding hydrogens is 311 g/mol. The van der Waals surface area contributed by atoms with E-state index >= 15 is 0 Å². The SMILES string of the molecule is CCOC(c1ccc(OC)cc1F)c1c(C)n(C2CCC2)[nH]c1=O. The van der Waals surface area contributed by atoms with Gasteiger partial charge in [0.05, 0.1) is 18.7 Å². The fraction of sp³-hybridized carbons (Fsp3) is 0.500. The van der Waals surface area contributed by atoms with E-state index in [4.69, 9.17) is 9.47 Å². The van der Waals surface area contributed by atoms with Gasteiger partial charge in [0.25, 0.3) is 5.56 Å². The average Bonchev–Trinajstić information content (AvgIpc) is 2.78. The summed E-state index contributed by atoms with van der Waals surface area (Å²) in [5.41, 5.74) is 1.43. The van der Waals surface area contributed by atoms with Crippen LogP contribution in [0, 0.1) is 12.7 Å². The van der Waals surface area contributed by atoms with E-state index in [0.717, 1.165) is 18.5 Å². The molecule has 1 unspecified atom stereocenters. The van der Waals surface area contributed by atoms with E-state index in [-0.39, 0.29) is 5.56 Å². The fourth-order valence-corrected chi connectivity index (χ4v) is 3.21. The van der Waals surface area contributed by atoms with Gasteiger partial charge in [-0.2, -0.15) is 0 Å². The number of methoxy groups -OCH3 is 1. The Balaban J connectivity index is 2.06. The fourth-order valence-electron chi connectivity index (χ4n) is 3.21. The predicted molar refractivity (Wildman–Crippen MR) is 89.1 cm³/mol. The Morgan fingerprint density at radius 2 is 2.17 bits per heavy atom. The smallest absolute Gasteiger partial charge is 0.270 e. The molecule has 0 saturated heterocycles. The van der Waals surface area contributed by atoms with E-state index in [2.05, 4.69) is 5.10 Å². The Morgan fingerprint density at radius 3 is 2.71 bits per heavy atom. The molecule has 0 spiro atoms. The van der Waals surface area contributed by atoms with Gasteiger partial charge in [0.1, 0.15) is 17.7 Å². The number of rotatable bonds is 6. The molecule has 0 amide bonds. The number of ether oxygens (including phenoxy) is 2. The van der Waals surface area contributed by atoms with Gasteiger partial charge in [0.2, 0.25) is 0 Å². The van der Waals surface area contributed by atoms with Gasteiger partial charge >= 0.3 is 0 Å². The van der Waals surface area contributed by atoms with Crippen molar-refractivity contribution in [2.75, 3.05) is 13.7 Å². The number of aromatic nitrogens is 2. The van der Waals surface area contributed by atoms with Crippen molar-refractivity contribution in [3.05, 3.63) is 51.2 Å². The van der Waals surface area contributed by atoms with Crippen molar-refractivity contribution in [3.63, 3.8) is 0 Å². The minimum absolute atomic E-state index is 0.215. The number of benzene rings is 1. The van der Waals surface area contributed by atoms with Crippen molar-refractivity contribution >= 4 is 0 Å². The van der Waals surface area contributed by atoms with Crippen molar-refractivity contribution in [3.8, 4) is 5.75 Å². The second-order valence-electron chi connectivity index (χ2n) is 6.12. The molecule has 1 saturated carbocycles. The minimum atomic E-state index is -0.731. The first-order valence-electron chi connectivity index (χ1n) is 8.32. The molecule has 0 aliphatic heterocycles. The van der Waals surface area contributed by atoms with Crippen LogP contribution in [-0.2, 0) is 4.74 Å². The first-order chi connectivity index (χ1) is 11.6. The summed E-state index contributed by atoms with van der Waals surface area (Å²) >= 11 is 0. The van der Waals surface area contributed by atoms with Crippen LogP contribution in [0.5, 0.6) is 5.75 Å². The molecular formula is C18H23FN2O3. The highest BCUT2D eigenvalue weighted by atomic mass is 19.1. The third-order valence-electron chi connectivity index (χ3n) is 4.74. The minimum Gasteiger partial charge on any atom is -0.497 e. The first-order valence-corrected chi connectivity index (χ1v) is 8.32. The molecule has 0 bridgehead atoms. The molecule has 24 heavy (non-hydrogen) atoms. The molecule has 1 aromatic carbocycles. The van der Waals surface area contributed by atoms with Crippen molar-refractivity contribution < 1.29 is 13.9 Å². The zero-order valence-corrected chi connectivity index (χ0v) is 14.3. The summed E-state index contributed by atoms with van der Waals surface area (Å²) in [6.07, 6.45) is 2.55. The molecule has 1 aromatic heterocycles. The lowest BCUT2D eigenvalue weighted by molar-refractivity contribution is 0.0874. The molecule has 1 heterocycles. The Labute approximate surface area is 140 Å². The van der Waals surface area contributed by atoms with Crippen LogP contribution in [0.2, 0.25) is 0 Å². The molecule has 130 valence electrons. The highest BCUT2D eigenvalue weighted by Crippen LogP contribution is 2.35. The summed E-state index contributed by atoms with van der Waals surface area (Å²) in [5.74, 6) is -0.00726. The van der Waals surface area contributed by atoms with Crippen molar-refractivity contribution in [1.29, 1.82) is 0 Å². The summed E-state index contributed by atoms with van der Waals surface area (Å²) in [6, 6.07) is 4.94. The molecule has 1 fully saturated rings. The van der Waals surface area contributed by atoms with Crippen LogP contribution in [0.4, 0.5) is 4.39 Å². The van der Waals surface area contributed by atoms with E-state index in [1.165, 1.54) is 19.6 Å². The lowest BCUT2D eigenvalue weighted by Crippen LogP contribution is -2.20. The Bertz CT molecular complexity index is 777. The molecule has 3 rings (SSSR count). The largest absolute Gasteiger partial charge is 0.497 e. The van der Waals surface area contributed by atoms with E-state index in [1.807, 2.05) is 18.5 Å². The number of H-pyrrole nitrogens is 1. The van der Waals surface area contributed by atoms with Crippen LogP contribution >= 0.6 is 0 Å². The van der Waals surface area contributed by atoms with Crippen LogP contribution in [0.25, 0.3) is 0 Å². The zero-order valence-electron chi connectivity index (χ0n) is 14.3. The Morgan fingerprint density at radius 1 is 1.42 bits per heavy atom. The normalized spacial score (nSPS) is 16.0. The summed E-state index contributed by atoms with van der Waals surface area (Å²) in [5, 5.41) is 2.90. The Kier molecular flexibility index (Phi) is 4.76. The number of halogens is 1. The maximum Gasteiger partial charge on any atom is 0.270 e. The molecule has 1 N–H and O–H groups in total. The molecule has 1 aliphatic carbocycles. The van der Waals surface area contributed by atoms with Crippen LogP contribution in [0.1, 0.15) is 55.2 Å². The first kappa shape index (κ1) is 16.8. The van der Waals surface area contributed by atoms with Crippen LogP contribution in [0.15, 0.2) is 23.0 Å². The Hall–Kier alpha value is -2.08. The summed E-state index contributed by atoms with van der Waals surface area (Å²) < 4.78 is 27.2. The van der Waals surface area contributed by atoms with Gasteiger partial charge in [0.15, 0.2) is 0 Å². The van der Waals surface area contributed by atoms with Gasteiger partial charge in [-0.1, -0.05) is 0 Å².